The van der Waals surface area contributed by atoms with Crippen LogP contribution in [0.1, 0.15) is 29.0 Å². The van der Waals surface area contributed by atoms with Gasteiger partial charge >= 0.3 is 6.09 Å². The van der Waals surface area contributed by atoms with Crippen molar-refractivity contribution in [3.63, 3.8) is 0 Å². The number of amides is 1. The van der Waals surface area contributed by atoms with Crippen molar-refractivity contribution < 1.29 is 14.3 Å². The molecule has 1 amide bonds. The summed E-state index contributed by atoms with van der Waals surface area (Å²) in [4.78, 5) is 14.9. The quantitative estimate of drug-likeness (QED) is 0.459. The Morgan fingerprint density at radius 2 is 1.69 bits per heavy atom. The first kappa shape index (κ1) is 20.1. The van der Waals surface area contributed by atoms with Crippen LogP contribution in [0.5, 0.6) is 0 Å². The summed E-state index contributed by atoms with van der Waals surface area (Å²) in [6.07, 6.45) is 0.442. The van der Waals surface area contributed by atoms with Crippen LogP contribution in [0.25, 0.3) is 11.1 Å². The Morgan fingerprint density at radius 3 is 2.38 bits per heavy atom. The Hall–Kier alpha value is -2.53. The lowest BCUT2D eigenvalue weighted by Crippen LogP contribution is -2.45. The highest BCUT2D eigenvalue weighted by molar-refractivity contribution is 6.42. The van der Waals surface area contributed by atoms with Crippen LogP contribution in [-0.2, 0) is 15.1 Å². The van der Waals surface area contributed by atoms with Crippen molar-refractivity contribution in [3.05, 3.63) is 93.5 Å². The van der Waals surface area contributed by atoms with Gasteiger partial charge in [0.05, 0.1) is 29.2 Å². The molecule has 0 N–H and O–H groups in total. The summed E-state index contributed by atoms with van der Waals surface area (Å²) in [5, 5.41) is 0.998. The third-order valence-electron chi connectivity index (χ3n) is 7.00. The SMILES string of the molecule is O=C(OCC1c2ccccc2-c2ccccc21)N1C[C@]2(c3ccc(Cl)c(Cl)c3)C[C@H]1CO2. The number of carbonyl (C=O) groups is 1. The summed E-state index contributed by atoms with van der Waals surface area (Å²) in [7, 11) is 0. The summed E-state index contributed by atoms with van der Waals surface area (Å²) < 4.78 is 12.0. The number of hydrogen-bond acceptors (Lipinski definition) is 3. The monoisotopic (exact) mass is 465 g/mol. The average Bonchev–Trinajstić information content (AvgIpc) is 3.50. The van der Waals surface area contributed by atoms with Crippen LogP contribution >= 0.6 is 23.2 Å². The summed E-state index contributed by atoms with van der Waals surface area (Å²) in [6, 6.07) is 22.2. The number of halogens is 2. The van der Waals surface area contributed by atoms with Crippen molar-refractivity contribution >= 4 is 29.3 Å². The smallest absolute Gasteiger partial charge is 0.410 e. The molecule has 3 aromatic rings. The molecule has 0 saturated carbocycles. The molecule has 2 fully saturated rings. The van der Waals surface area contributed by atoms with E-state index in [1.165, 1.54) is 22.3 Å². The lowest BCUT2D eigenvalue weighted by atomic mass is 9.93. The van der Waals surface area contributed by atoms with E-state index in [0.717, 1.165) is 12.0 Å². The Bertz CT molecular complexity index is 1180. The topological polar surface area (TPSA) is 38.8 Å². The lowest BCUT2D eigenvalue weighted by Gasteiger charge is -2.33. The van der Waals surface area contributed by atoms with Crippen LogP contribution in [-0.4, -0.2) is 36.8 Å². The Labute approximate surface area is 196 Å². The van der Waals surface area contributed by atoms with Gasteiger partial charge in [0.1, 0.15) is 12.2 Å². The zero-order valence-electron chi connectivity index (χ0n) is 17.3. The number of hydrogen-bond donors (Lipinski definition) is 0. The summed E-state index contributed by atoms with van der Waals surface area (Å²) in [5.74, 6) is 0.0476. The molecule has 2 aliphatic heterocycles. The largest absolute Gasteiger partial charge is 0.448 e. The van der Waals surface area contributed by atoms with Crippen LogP contribution in [0.15, 0.2) is 66.7 Å². The predicted molar refractivity (Wildman–Crippen MR) is 124 cm³/mol. The van der Waals surface area contributed by atoms with E-state index < -0.39 is 5.60 Å². The van der Waals surface area contributed by atoms with Crippen molar-refractivity contribution in [1.82, 2.24) is 4.90 Å². The second kappa shape index (κ2) is 7.51. The first-order chi connectivity index (χ1) is 15.6. The minimum absolute atomic E-state index is 0.0000964. The van der Waals surface area contributed by atoms with Gasteiger partial charge in [0.2, 0.25) is 0 Å². The number of fused-ring (bicyclic) bond motifs is 5. The molecule has 6 heteroatoms. The molecule has 0 aromatic heterocycles. The first-order valence-electron chi connectivity index (χ1n) is 10.8. The van der Waals surface area contributed by atoms with Crippen LogP contribution in [0, 0.1) is 0 Å². The average molecular weight is 466 g/mol. The minimum Gasteiger partial charge on any atom is -0.448 e. The molecule has 0 unspecified atom stereocenters. The normalized spacial score (nSPS) is 23.3. The number of nitrogens with zero attached hydrogens (tertiary/aromatic N) is 1. The molecule has 2 heterocycles. The van der Waals surface area contributed by atoms with Gasteiger partial charge in [0.15, 0.2) is 0 Å². The second-order valence-corrected chi connectivity index (χ2v) is 9.54. The van der Waals surface area contributed by atoms with Gasteiger partial charge in [-0.1, -0.05) is 77.8 Å². The van der Waals surface area contributed by atoms with Crippen LogP contribution in [0.2, 0.25) is 10.0 Å². The fourth-order valence-corrected chi connectivity index (χ4v) is 5.73. The highest BCUT2D eigenvalue weighted by Crippen LogP contribution is 2.47. The van der Waals surface area contributed by atoms with E-state index in [1.54, 1.807) is 11.0 Å². The molecule has 0 radical (unpaired) electrons. The zero-order chi connectivity index (χ0) is 21.9. The van der Waals surface area contributed by atoms with E-state index in [0.29, 0.717) is 29.8 Å². The predicted octanol–water partition coefficient (Wildman–Crippen LogP) is 6.24. The Kier molecular flexibility index (Phi) is 4.72. The van der Waals surface area contributed by atoms with Gasteiger partial charge in [-0.3, -0.25) is 4.90 Å². The molecule has 2 saturated heterocycles. The van der Waals surface area contributed by atoms with E-state index in [2.05, 4.69) is 24.3 Å². The van der Waals surface area contributed by atoms with Gasteiger partial charge in [0, 0.05) is 12.3 Å². The summed E-state index contributed by atoms with van der Waals surface area (Å²) >= 11 is 12.3. The van der Waals surface area contributed by atoms with Crippen molar-refractivity contribution in [3.8, 4) is 11.1 Å². The number of rotatable bonds is 3. The molecule has 32 heavy (non-hydrogen) atoms. The van der Waals surface area contributed by atoms with Crippen molar-refractivity contribution in [1.29, 1.82) is 0 Å². The van der Waals surface area contributed by atoms with E-state index in [4.69, 9.17) is 32.7 Å². The van der Waals surface area contributed by atoms with Crippen LogP contribution in [0.4, 0.5) is 4.79 Å². The molecular formula is C26H21Cl2NO3. The van der Waals surface area contributed by atoms with Crippen LogP contribution < -0.4 is 0 Å². The Morgan fingerprint density at radius 1 is 1.00 bits per heavy atom. The van der Waals surface area contributed by atoms with Crippen molar-refractivity contribution in [2.45, 2.75) is 24.0 Å². The number of carbonyl (C=O) groups excluding carboxylic acids is 1. The molecule has 0 spiro atoms. The molecule has 2 atom stereocenters. The highest BCUT2D eigenvalue weighted by atomic mass is 35.5. The molecule has 4 nitrogen and oxygen atoms in total. The Balaban J connectivity index is 1.20. The van der Waals surface area contributed by atoms with Gasteiger partial charge in [-0.25, -0.2) is 4.79 Å². The van der Waals surface area contributed by atoms with E-state index in [1.807, 2.05) is 36.4 Å². The van der Waals surface area contributed by atoms with E-state index in [9.17, 15) is 4.79 Å². The molecule has 3 aliphatic rings. The molecule has 3 aromatic carbocycles. The lowest BCUT2D eigenvalue weighted by molar-refractivity contribution is -0.0465. The van der Waals surface area contributed by atoms with Gasteiger partial charge in [-0.2, -0.15) is 0 Å². The van der Waals surface area contributed by atoms with Crippen LogP contribution in [0.3, 0.4) is 0 Å². The third-order valence-corrected chi connectivity index (χ3v) is 7.74. The minimum atomic E-state index is -0.551. The van der Waals surface area contributed by atoms with Gasteiger partial charge in [0.25, 0.3) is 0 Å². The van der Waals surface area contributed by atoms with Gasteiger partial charge in [-0.05, 0) is 39.9 Å². The van der Waals surface area contributed by atoms with Gasteiger partial charge in [-0.15, -0.1) is 0 Å². The molecule has 2 bridgehead atoms. The summed E-state index contributed by atoms with van der Waals surface area (Å²) in [5.41, 5.74) is 5.25. The fourth-order valence-electron chi connectivity index (χ4n) is 5.43. The zero-order valence-corrected chi connectivity index (χ0v) is 18.8. The fraction of sp³-hybridized carbons (Fsp3) is 0.269. The van der Waals surface area contributed by atoms with Crippen molar-refractivity contribution in [2.24, 2.45) is 0 Å². The maximum atomic E-state index is 13.1. The standard InChI is InChI=1S/C26H21Cl2NO3/c27-23-10-9-16(11-24(23)28)26-12-17(13-32-26)29(15-26)25(30)31-14-22-20-7-3-1-5-18(20)19-6-2-4-8-21(19)22/h1-11,17,22H,12-15H2/t17-,26-/m0/s1. The molecular weight excluding hydrogens is 445 g/mol. The van der Waals surface area contributed by atoms with Gasteiger partial charge < -0.3 is 9.47 Å². The number of morpholine rings is 1. The number of likely N-dealkylation sites (tertiary alicyclic amines) is 1. The molecule has 162 valence electrons. The highest BCUT2D eigenvalue weighted by Gasteiger charge is 2.54. The number of benzene rings is 3. The maximum absolute atomic E-state index is 13.1. The third kappa shape index (κ3) is 3.05. The number of ether oxygens (including phenoxy) is 2. The molecule has 1 aliphatic carbocycles. The summed E-state index contributed by atoms with van der Waals surface area (Å²) in [6.45, 7) is 1.26. The second-order valence-electron chi connectivity index (χ2n) is 8.72. The van der Waals surface area contributed by atoms with E-state index >= 15 is 0 Å². The van der Waals surface area contributed by atoms with Crippen molar-refractivity contribution in [2.75, 3.05) is 19.8 Å². The molecule has 6 rings (SSSR count). The maximum Gasteiger partial charge on any atom is 0.410 e. The van der Waals surface area contributed by atoms with E-state index in [-0.39, 0.29) is 18.1 Å². The first-order valence-corrected chi connectivity index (χ1v) is 11.5.